The Hall–Kier alpha value is -3.36. The second kappa shape index (κ2) is 8.76. The normalized spacial score (nSPS) is 12.1. The van der Waals surface area contributed by atoms with Crippen LogP contribution < -0.4 is 10.6 Å². The lowest BCUT2D eigenvalue weighted by Gasteiger charge is -2.13. The quantitative estimate of drug-likeness (QED) is 0.507. The summed E-state index contributed by atoms with van der Waals surface area (Å²) >= 11 is 0. The van der Waals surface area contributed by atoms with Crippen molar-refractivity contribution in [3.05, 3.63) is 77.5 Å². The van der Waals surface area contributed by atoms with Crippen LogP contribution in [0.2, 0.25) is 0 Å². The van der Waals surface area contributed by atoms with Crippen molar-refractivity contribution in [3.8, 4) is 5.82 Å². The number of aromatic nitrogens is 3. The molecule has 0 saturated carbocycles. The summed E-state index contributed by atoms with van der Waals surface area (Å²) in [5, 5.41) is 6.14. The third-order valence-corrected chi connectivity index (χ3v) is 4.28. The van der Waals surface area contributed by atoms with Gasteiger partial charge in [0.1, 0.15) is 11.6 Å². The summed E-state index contributed by atoms with van der Waals surface area (Å²) in [6, 6.07) is 9.04. The standard InChI is InChI=1S/C20H21F3N6/c1-14-25-8-9-29(14)18-7-6-16(12-26-18)13-28-19(24-2)27-11-15-4-3-5-17(10-15)20(21,22)23/h3-10,12H,11,13H2,1-2H3,(H2,24,27,28). The lowest BCUT2D eigenvalue weighted by Crippen LogP contribution is -2.36. The zero-order chi connectivity index (χ0) is 20.9. The van der Waals surface area contributed by atoms with Crippen LogP contribution in [0.25, 0.3) is 5.82 Å². The topological polar surface area (TPSA) is 67.1 Å². The Morgan fingerprint density at radius 1 is 1.07 bits per heavy atom. The van der Waals surface area contributed by atoms with E-state index in [1.54, 1.807) is 25.5 Å². The highest BCUT2D eigenvalue weighted by Gasteiger charge is 2.30. The van der Waals surface area contributed by atoms with Gasteiger partial charge in [0.15, 0.2) is 5.96 Å². The molecule has 3 rings (SSSR count). The number of imidazole rings is 1. The molecule has 0 unspecified atom stereocenters. The van der Waals surface area contributed by atoms with Crippen LogP contribution in [0.4, 0.5) is 13.2 Å². The maximum atomic E-state index is 12.8. The first-order valence-corrected chi connectivity index (χ1v) is 8.93. The summed E-state index contributed by atoms with van der Waals surface area (Å²) in [6.45, 7) is 2.59. The predicted octanol–water partition coefficient (Wildman–Crippen LogP) is 3.46. The van der Waals surface area contributed by atoms with E-state index >= 15 is 0 Å². The van der Waals surface area contributed by atoms with Gasteiger partial charge in [0.2, 0.25) is 0 Å². The molecule has 0 aliphatic carbocycles. The van der Waals surface area contributed by atoms with Crippen LogP contribution in [0.1, 0.15) is 22.5 Å². The Bertz CT molecular complexity index is 976. The van der Waals surface area contributed by atoms with Crippen molar-refractivity contribution in [2.75, 3.05) is 7.05 Å². The maximum Gasteiger partial charge on any atom is 0.416 e. The maximum absolute atomic E-state index is 12.8. The molecule has 9 heteroatoms. The van der Waals surface area contributed by atoms with Crippen molar-refractivity contribution in [2.24, 2.45) is 4.99 Å². The van der Waals surface area contributed by atoms with E-state index < -0.39 is 11.7 Å². The molecule has 0 radical (unpaired) electrons. The van der Waals surface area contributed by atoms with Crippen molar-refractivity contribution in [1.29, 1.82) is 0 Å². The summed E-state index contributed by atoms with van der Waals surface area (Å²) in [4.78, 5) is 12.7. The van der Waals surface area contributed by atoms with Crippen molar-refractivity contribution >= 4 is 5.96 Å². The Morgan fingerprint density at radius 3 is 2.41 bits per heavy atom. The van der Waals surface area contributed by atoms with E-state index in [4.69, 9.17) is 0 Å². The minimum Gasteiger partial charge on any atom is -0.352 e. The Kier molecular flexibility index (Phi) is 6.16. The smallest absolute Gasteiger partial charge is 0.352 e. The van der Waals surface area contributed by atoms with Crippen LogP contribution in [0, 0.1) is 6.92 Å². The van der Waals surface area contributed by atoms with Crippen LogP contribution in [0.15, 0.2) is 60.0 Å². The third kappa shape index (κ3) is 5.34. The number of pyridine rings is 1. The van der Waals surface area contributed by atoms with Crippen LogP contribution in [-0.4, -0.2) is 27.5 Å². The van der Waals surface area contributed by atoms with E-state index in [1.807, 2.05) is 29.8 Å². The molecule has 2 N–H and O–H groups in total. The molecule has 0 aliphatic rings. The molecule has 152 valence electrons. The molecule has 0 bridgehead atoms. The molecule has 29 heavy (non-hydrogen) atoms. The first kappa shape index (κ1) is 20.4. The highest BCUT2D eigenvalue weighted by Crippen LogP contribution is 2.29. The fourth-order valence-electron chi connectivity index (χ4n) is 2.73. The van der Waals surface area contributed by atoms with Gasteiger partial charge in [0.25, 0.3) is 0 Å². The number of nitrogens with one attached hydrogen (secondary N) is 2. The van der Waals surface area contributed by atoms with Gasteiger partial charge in [-0.15, -0.1) is 0 Å². The van der Waals surface area contributed by atoms with Crippen molar-refractivity contribution < 1.29 is 13.2 Å². The van der Waals surface area contributed by atoms with Crippen LogP contribution >= 0.6 is 0 Å². The van der Waals surface area contributed by atoms with Gasteiger partial charge in [0.05, 0.1) is 5.56 Å². The summed E-state index contributed by atoms with van der Waals surface area (Å²) < 4.78 is 40.3. The van der Waals surface area contributed by atoms with Gasteiger partial charge in [0, 0.05) is 38.7 Å². The second-order valence-electron chi connectivity index (χ2n) is 6.35. The lowest BCUT2D eigenvalue weighted by atomic mass is 10.1. The predicted molar refractivity (Wildman–Crippen MR) is 105 cm³/mol. The number of hydrogen-bond acceptors (Lipinski definition) is 3. The molecular weight excluding hydrogens is 381 g/mol. The number of aryl methyl sites for hydroxylation is 1. The summed E-state index contributed by atoms with van der Waals surface area (Å²) in [6.07, 6.45) is 0.952. The number of hydrogen-bond donors (Lipinski definition) is 2. The molecule has 2 aromatic heterocycles. The van der Waals surface area contributed by atoms with E-state index in [0.29, 0.717) is 18.1 Å². The van der Waals surface area contributed by atoms with E-state index in [-0.39, 0.29) is 6.54 Å². The molecule has 1 aromatic carbocycles. The van der Waals surface area contributed by atoms with Gasteiger partial charge < -0.3 is 10.6 Å². The Labute approximate surface area is 166 Å². The largest absolute Gasteiger partial charge is 0.416 e. The van der Waals surface area contributed by atoms with Crippen LogP contribution in [0.5, 0.6) is 0 Å². The van der Waals surface area contributed by atoms with Gasteiger partial charge in [-0.1, -0.05) is 18.2 Å². The highest BCUT2D eigenvalue weighted by molar-refractivity contribution is 5.79. The van der Waals surface area contributed by atoms with Crippen molar-refractivity contribution in [1.82, 2.24) is 25.2 Å². The number of rotatable bonds is 5. The first-order valence-electron chi connectivity index (χ1n) is 8.93. The van der Waals surface area contributed by atoms with Crippen LogP contribution in [0.3, 0.4) is 0 Å². The third-order valence-electron chi connectivity index (χ3n) is 4.28. The van der Waals surface area contributed by atoms with Gasteiger partial charge in [-0.3, -0.25) is 9.56 Å². The SMILES string of the molecule is CN=C(NCc1ccc(-n2ccnc2C)nc1)NCc1cccc(C(F)(F)F)c1. The van der Waals surface area contributed by atoms with Gasteiger partial charge in [-0.2, -0.15) is 13.2 Å². The molecule has 0 amide bonds. The summed E-state index contributed by atoms with van der Waals surface area (Å²) in [5.74, 6) is 2.11. The summed E-state index contributed by atoms with van der Waals surface area (Å²) in [7, 11) is 1.60. The fourth-order valence-corrected chi connectivity index (χ4v) is 2.73. The molecule has 2 heterocycles. The minimum atomic E-state index is -4.36. The zero-order valence-corrected chi connectivity index (χ0v) is 16.0. The molecule has 0 fully saturated rings. The van der Waals surface area contributed by atoms with E-state index in [0.717, 1.165) is 29.3 Å². The molecular formula is C20H21F3N6. The summed E-state index contributed by atoms with van der Waals surface area (Å²) in [5.41, 5.74) is 0.789. The number of alkyl halides is 3. The molecule has 0 spiro atoms. The minimum absolute atomic E-state index is 0.223. The van der Waals surface area contributed by atoms with E-state index in [9.17, 15) is 13.2 Å². The number of benzene rings is 1. The Morgan fingerprint density at radius 2 is 1.83 bits per heavy atom. The molecule has 6 nitrogen and oxygen atoms in total. The number of nitrogens with zero attached hydrogens (tertiary/aromatic N) is 4. The van der Waals surface area contributed by atoms with Gasteiger partial charge >= 0.3 is 6.18 Å². The number of halogens is 3. The average Bonchev–Trinajstić information content (AvgIpc) is 3.14. The average molecular weight is 402 g/mol. The molecule has 0 atom stereocenters. The molecule has 0 aliphatic heterocycles. The monoisotopic (exact) mass is 402 g/mol. The fraction of sp³-hybridized carbons (Fsp3) is 0.250. The van der Waals surface area contributed by atoms with Crippen LogP contribution in [-0.2, 0) is 19.3 Å². The zero-order valence-electron chi connectivity index (χ0n) is 16.0. The highest BCUT2D eigenvalue weighted by atomic mass is 19.4. The molecule has 0 saturated heterocycles. The van der Waals surface area contributed by atoms with Crippen molar-refractivity contribution in [2.45, 2.75) is 26.2 Å². The number of guanidine groups is 1. The second-order valence-corrected chi connectivity index (χ2v) is 6.35. The molecule has 3 aromatic rings. The van der Waals surface area contributed by atoms with E-state index in [2.05, 4.69) is 25.6 Å². The number of aliphatic imine (C=N–C) groups is 1. The van der Waals surface area contributed by atoms with E-state index in [1.165, 1.54) is 6.07 Å². The lowest BCUT2D eigenvalue weighted by molar-refractivity contribution is -0.137. The van der Waals surface area contributed by atoms with Gasteiger partial charge in [-0.05, 0) is 36.2 Å². The van der Waals surface area contributed by atoms with Gasteiger partial charge in [-0.25, -0.2) is 9.97 Å². The Balaban J connectivity index is 1.55. The van der Waals surface area contributed by atoms with Crippen molar-refractivity contribution in [3.63, 3.8) is 0 Å². The first-order chi connectivity index (χ1) is 13.9.